The van der Waals surface area contributed by atoms with Gasteiger partial charge in [0.25, 0.3) is 0 Å². The van der Waals surface area contributed by atoms with Gasteiger partial charge in [0.05, 0.1) is 12.5 Å². The van der Waals surface area contributed by atoms with Gasteiger partial charge in [-0.1, -0.05) is 34.6 Å². The van der Waals surface area contributed by atoms with Gasteiger partial charge < -0.3 is 10.1 Å². The average molecular weight is 227 g/mol. The van der Waals surface area contributed by atoms with Crippen molar-refractivity contribution >= 4 is 5.91 Å². The summed E-state index contributed by atoms with van der Waals surface area (Å²) in [4.78, 5) is 12.0. The molecule has 1 N–H and O–H groups in total. The van der Waals surface area contributed by atoms with Crippen LogP contribution in [0.3, 0.4) is 0 Å². The zero-order valence-corrected chi connectivity index (χ0v) is 11.2. The minimum Gasteiger partial charge on any atom is -0.381 e. The van der Waals surface area contributed by atoms with Crippen molar-refractivity contribution in [1.82, 2.24) is 5.32 Å². The van der Waals surface area contributed by atoms with Gasteiger partial charge >= 0.3 is 0 Å². The van der Waals surface area contributed by atoms with E-state index in [1.165, 1.54) is 0 Å². The van der Waals surface area contributed by atoms with Crippen LogP contribution in [-0.2, 0) is 9.53 Å². The van der Waals surface area contributed by atoms with Gasteiger partial charge in [0.1, 0.15) is 0 Å². The predicted octanol–water partition coefficient (Wildman–Crippen LogP) is 2.21. The van der Waals surface area contributed by atoms with Gasteiger partial charge in [0.2, 0.25) is 5.91 Å². The van der Waals surface area contributed by atoms with E-state index in [1.54, 1.807) is 0 Å². The molecule has 1 heterocycles. The third kappa shape index (κ3) is 3.48. The van der Waals surface area contributed by atoms with E-state index in [0.29, 0.717) is 12.5 Å². The molecule has 0 aromatic rings. The molecule has 1 aliphatic rings. The van der Waals surface area contributed by atoms with Crippen LogP contribution in [0.4, 0.5) is 0 Å². The molecule has 0 bridgehead atoms. The van der Waals surface area contributed by atoms with Crippen LogP contribution in [0.25, 0.3) is 0 Å². The Balaban J connectivity index is 2.58. The van der Waals surface area contributed by atoms with Crippen LogP contribution in [0, 0.1) is 17.3 Å². The SMILES string of the molecule is CC(C)C(NC(=O)[C@@H]1CCOC1)C(C)(C)C. The van der Waals surface area contributed by atoms with E-state index in [2.05, 4.69) is 39.9 Å². The van der Waals surface area contributed by atoms with Crippen molar-refractivity contribution < 1.29 is 9.53 Å². The van der Waals surface area contributed by atoms with Crippen molar-refractivity contribution in [2.75, 3.05) is 13.2 Å². The first-order chi connectivity index (χ1) is 7.32. The zero-order chi connectivity index (χ0) is 12.3. The highest BCUT2D eigenvalue weighted by atomic mass is 16.5. The second-order valence-electron chi connectivity index (χ2n) is 6.16. The largest absolute Gasteiger partial charge is 0.381 e. The fourth-order valence-electron chi connectivity index (χ4n) is 2.40. The number of carbonyl (C=O) groups is 1. The Morgan fingerprint density at radius 3 is 2.38 bits per heavy atom. The zero-order valence-electron chi connectivity index (χ0n) is 11.2. The van der Waals surface area contributed by atoms with Gasteiger partial charge in [0, 0.05) is 12.6 Å². The van der Waals surface area contributed by atoms with Crippen molar-refractivity contribution in [3.8, 4) is 0 Å². The molecule has 1 amide bonds. The molecule has 1 rings (SSSR count). The number of amides is 1. The van der Waals surface area contributed by atoms with E-state index < -0.39 is 0 Å². The van der Waals surface area contributed by atoms with Gasteiger partial charge in [0.15, 0.2) is 0 Å². The van der Waals surface area contributed by atoms with Crippen molar-refractivity contribution in [3.05, 3.63) is 0 Å². The van der Waals surface area contributed by atoms with Crippen molar-refractivity contribution in [1.29, 1.82) is 0 Å². The van der Waals surface area contributed by atoms with Crippen LogP contribution in [0.15, 0.2) is 0 Å². The van der Waals surface area contributed by atoms with Crippen LogP contribution < -0.4 is 5.32 Å². The molecule has 1 fully saturated rings. The van der Waals surface area contributed by atoms with Crippen LogP contribution in [0.2, 0.25) is 0 Å². The fourth-order valence-corrected chi connectivity index (χ4v) is 2.40. The van der Waals surface area contributed by atoms with Crippen LogP contribution in [0.1, 0.15) is 41.0 Å². The summed E-state index contributed by atoms with van der Waals surface area (Å²) in [7, 11) is 0. The number of ether oxygens (including phenoxy) is 1. The first kappa shape index (κ1) is 13.5. The topological polar surface area (TPSA) is 38.3 Å². The first-order valence-electron chi connectivity index (χ1n) is 6.20. The summed E-state index contributed by atoms with van der Waals surface area (Å²) >= 11 is 0. The predicted molar refractivity (Wildman–Crippen MR) is 65.1 cm³/mol. The fraction of sp³-hybridized carbons (Fsp3) is 0.923. The molecule has 1 aliphatic heterocycles. The summed E-state index contributed by atoms with van der Waals surface area (Å²) < 4.78 is 5.25. The molecule has 2 atom stereocenters. The molecule has 1 unspecified atom stereocenters. The third-order valence-electron chi connectivity index (χ3n) is 3.20. The molecule has 0 saturated carbocycles. The minimum absolute atomic E-state index is 0.0589. The molecule has 3 heteroatoms. The molecule has 0 aromatic carbocycles. The molecule has 94 valence electrons. The van der Waals surface area contributed by atoms with E-state index in [-0.39, 0.29) is 23.3 Å². The quantitative estimate of drug-likeness (QED) is 0.802. The summed E-state index contributed by atoms with van der Waals surface area (Å²) in [5.41, 5.74) is 0.100. The van der Waals surface area contributed by atoms with Gasteiger partial charge in [-0.05, 0) is 17.8 Å². The molecule has 0 aromatic heterocycles. The summed E-state index contributed by atoms with van der Waals surface area (Å²) in [6, 6.07) is 0.223. The van der Waals surface area contributed by atoms with Gasteiger partial charge in [-0.3, -0.25) is 4.79 Å². The number of hydrogen-bond acceptors (Lipinski definition) is 2. The second-order valence-corrected chi connectivity index (χ2v) is 6.16. The highest BCUT2D eigenvalue weighted by Gasteiger charge is 2.32. The monoisotopic (exact) mass is 227 g/mol. The molecular formula is C13H25NO2. The Labute approximate surface area is 98.9 Å². The summed E-state index contributed by atoms with van der Waals surface area (Å²) in [5, 5.41) is 3.18. The van der Waals surface area contributed by atoms with Gasteiger partial charge in [-0.15, -0.1) is 0 Å². The minimum atomic E-state index is 0.0589. The Bertz CT molecular complexity index is 237. The lowest BCUT2D eigenvalue weighted by atomic mass is 9.80. The van der Waals surface area contributed by atoms with Gasteiger partial charge in [-0.2, -0.15) is 0 Å². The summed E-state index contributed by atoms with van der Waals surface area (Å²) in [5.74, 6) is 0.668. The van der Waals surface area contributed by atoms with Crippen molar-refractivity contribution in [2.24, 2.45) is 17.3 Å². The number of hydrogen-bond donors (Lipinski definition) is 1. The maximum atomic E-state index is 12.0. The lowest BCUT2D eigenvalue weighted by molar-refractivity contribution is -0.126. The van der Waals surface area contributed by atoms with E-state index in [1.807, 2.05) is 0 Å². The maximum absolute atomic E-state index is 12.0. The molecule has 16 heavy (non-hydrogen) atoms. The second kappa shape index (κ2) is 5.17. The van der Waals surface area contributed by atoms with E-state index in [0.717, 1.165) is 13.0 Å². The maximum Gasteiger partial charge on any atom is 0.225 e. The van der Waals surface area contributed by atoms with Crippen molar-refractivity contribution in [3.63, 3.8) is 0 Å². The van der Waals surface area contributed by atoms with E-state index in [4.69, 9.17) is 4.74 Å². The summed E-state index contributed by atoms with van der Waals surface area (Å²) in [6.07, 6.45) is 0.862. The molecule has 1 saturated heterocycles. The lowest BCUT2D eigenvalue weighted by Gasteiger charge is -2.35. The smallest absolute Gasteiger partial charge is 0.225 e. The highest BCUT2D eigenvalue weighted by molar-refractivity contribution is 5.79. The highest BCUT2D eigenvalue weighted by Crippen LogP contribution is 2.26. The van der Waals surface area contributed by atoms with E-state index >= 15 is 0 Å². The first-order valence-corrected chi connectivity index (χ1v) is 6.20. The average Bonchev–Trinajstić information content (AvgIpc) is 2.63. The number of nitrogens with one attached hydrogen (secondary N) is 1. The normalized spacial score (nSPS) is 23.5. The molecular weight excluding hydrogens is 202 g/mol. The number of rotatable bonds is 3. The Morgan fingerprint density at radius 1 is 1.38 bits per heavy atom. The molecule has 0 radical (unpaired) electrons. The molecule has 0 aliphatic carbocycles. The number of carbonyl (C=O) groups excluding carboxylic acids is 1. The molecule has 3 nitrogen and oxygen atoms in total. The standard InChI is InChI=1S/C13H25NO2/c1-9(2)11(13(3,4)5)14-12(15)10-6-7-16-8-10/h9-11H,6-8H2,1-5H3,(H,14,15)/t10-,11?/m1/s1. The van der Waals surface area contributed by atoms with E-state index in [9.17, 15) is 4.79 Å². The summed E-state index contributed by atoms with van der Waals surface area (Å²) in [6.45, 7) is 12.1. The van der Waals surface area contributed by atoms with Gasteiger partial charge in [-0.25, -0.2) is 0 Å². The van der Waals surface area contributed by atoms with Crippen molar-refractivity contribution in [2.45, 2.75) is 47.1 Å². The van der Waals surface area contributed by atoms with Crippen LogP contribution in [-0.4, -0.2) is 25.2 Å². The Kier molecular flexibility index (Phi) is 4.36. The Hall–Kier alpha value is -0.570. The van der Waals surface area contributed by atoms with Crippen LogP contribution >= 0.6 is 0 Å². The lowest BCUT2D eigenvalue weighted by Crippen LogP contribution is -2.49. The Morgan fingerprint density at radius 2 is 2.00 bits per heavy atom. The third-order valence-corrected chi connectivity index (χ3v) is 3.20. The van der Waals surface area contributed by atoms with Crippen LogP contribution in [0.5, 0.6) is 0 Å². The molecule has 0 spiro atoms.